The van der Waals surface area contributed by atoms with Gasteiger partial charge in [-0.3, -0.25) is 9.78 Å². The van der Waals surface area contributed by atoms with E-state index in [9.17, 15) is 4.79 Å². The quantitative estimate of drug-likeness (QED) is 0.471. The van der Waals surface area contributed by atoms with Crippen LogP contribution in [0.4, 0.5) is 11.8 Å². The fourth-order valence-corrected chi connectivity index (χ4v) is 6.39. The minimum atomic E-state index is 0.110. The lowest BCUT2D eigenvalue weighted by Gasteiger charge is -2.29. The maximum atomic E-state index is 12.2. The largest absolute Gasteiger partial charge is 0.370 e. The molecule has 1 aliphatic heterocycles. The molecule has 36 heavy (non-hydrogen) atoms. The number of rotatable bonds is 8. The molecule has 3 aromatic heterocycles. The zero-order chi connectivity index (χ0) is 24.6. The van der Waals surface area contributed by atoms with Crippen molar-refractivity contribution in [1.82, 2.24) is 24.8 Å². The molecule has 4 heterocycles. The fourth-order valence-electron chi connectivity index (χ4n) is 5.28. The molecular formula is C26H33N7O2S. The number of hydrogen-bond acceptors (Lipinski definition) is 9. The normalized spacial score (nSPS) is 22.4. The number of amides is 1. The van der Waals surface area contributed by atoms with Gasteiger partial charge >= 0.3 is 0 Å². The molecule has 10 heteroatoms. The van der Waals surface area contributed by atoms with E-state index in [0.29, 0.717) is 31.1 Å². The van der Waals surface area contributed by atoms with E-state index in [1.54, 1.807) is 11.3 Å². The molecule has 2 unspecified atom stereocenters. The average molecular weight is 508 g/mol. The third-order valence-electron chi connectivity index (χ3n) is 7.48. The zero-order valence-corrected chi connectivity index (χ0v) is 21.7. The number of aromatic nitrogens is 4. The van der Waals surface area contributed by atoms with Crippen molar-refractivity contribution < 1.29 is 9.53 Å². The maximum Gasteiger partial charge on any atom is 0.248 e. The first-order chi connectivity index (χ1) is 17.5. The Kier molecular flexibility index (Phi) is 6.47. The van der Waals surface area contributed by atoms with Gasteiger partial charge in [0, 0.05) is 31.9 Å². The van der Waals surface area contributed by atoms with Gasteiger partial charge in [0.25, 0.3) is 0 Å². The summed E-state index contributed by atoms with van der Waals surface area (Å²) in [5, 5.41) is 8.13. The Hall–Kier alpha value is -2.85. The highest BCUT2D eigenvalue weighted by Crippen LogP contribution is 2.38. The molecule has 6 rings (SSSR count). The van der Waals surface area contributed by atoms with Gasteiger partial charge in [-0.2, -0.15) is 4.98 Å². The van der Waals surface area contributed by atoms with Crippen LogP contribution in [0.2, 0.25) is 0 Å². The van der Waals surface area contributed by atoms with Gasteiger partial charge in [0.1, 0.15) is 22.9 Å². The van der Waals surface area contributed by atoms with Crippen LogP contribution < -0.4 is 10.6 Å². The van der Waals surface area contributed by atoms with Gasteiger partial charge in [-0.25, -0.2) is 9.97 Å². The molecule has 0 bridgehead atoms. The molecule has 3 aliphatic rings. The van der Waals surface area contributed by atoms with E-state index >= 15 is 0 Å². The molecule has 1 amide bonds. The van der Waals surface area contributed by atoms with Crippen molar-refractivity contribution in [2.75, 3.05) is 43.5 Å². The monoisotopic (exact) mass is 507 g/mol. The van der Waals surface area contributed by atoms with Crippen LogP contribution in [0.5, 0.6) is 0 Å². The zero-order valence-electron chi connectivity index (χ0n) is 20.9. The third-order valence-corrected chi connectivity index (χ3v) is 8.52. The van der Waals surface area contributed by atoms with Crippen molar-refractivity contribution in [2.24, 2.45) is 11.8 Å². The molecule has 2 N–H and O–H groups in total. The van der Waals surface area contributed by atoms with Gasteiger partial charge in [0.15, 0.2) is 0 Å². The van der Waals surface area contributed by atoms with Crippen LogP contribution in [0.1, 0.15) is 43.5 Å². The summed E-state index contributed by atoms with van der Waals surface area (Å²) in [5.41, 5.74) is 3.76. The molecule has 9 nitrogen and oxygen atoms in total. The van der Waals surface area contributed by atoms with Gasteiger partial charge in [-0.1, -0.05) is 0 Å². The lowest BCUT2D eigenvalue weighted by Crippen LogP contribution is -2.43. The van der Waals surface area contributed by atoms with E-state index in [2.05, 4.69) is 15.6 Å². The van der Waals surface area contributed by atoms with Gasteiger partial charge in [0.2, 0.25) is 11.9 Å². The molecule has 2 saturated carbocycles. The van der Waals surface area contributed by atoms with Crippen LogP contribution in [0.25, 0.3) is 20.8 Å². The number of ether oxygens (including phenoxy) is 1. The summed E-state index contributed by atoms with van der Waals surface area (Å²) >= 11 is 1.66. The first-order valence-electron chi connectivity index (χ1n) is 13.0. The molecule has 2 atom stereocenters. The Labute approximate surface area is 215 Å². The number of morpholine rings is 1. The Morgan fingerprint density at radius 3 is 2.78 bits per heavy atom. The number of pyridine rings is 1. The molecule has 190 valence electrons. The highest BCUT2D eigenvalue weighted by molar-refractivity contribution is 7.21. The lowest BCUT2D eigenvalue weighted by molar-refractivity contribution is -0.143. The number of anilines is 2. The third kappa shape index (κ3) is 5.01. The van der Waals surface area contributed by atoms with Crippen LogP contribution >= 0.6 is 11.3 Å². The molecule has 3 aromatic rings. The number of aryl methyl sites for hydroxylation is 2. The minimum Gasteiger partial charge on any atom is -0.370 e. The number of carbonyl (C=O) groups excluding carboxylic acids is 1. The SMILES string of the molecule is Cc1nc(NCC2CC2)nc(NC2CCC(CN3CCOCC3=O)C2)c1-c1nc2c(C)nccc2s1. The van der Waals surface area contributed by atoms with Gasteiger partial charge in [-0.15, -0.1) is 11.3 Å². The van der Waals surface area contributed by atoms with E-state index in [1.807, 2.05) is 31.0 Å². The Morgan fingerprint density at radius 1 is 1.11 bits per heavy atom. The second-order valence-corrected chi connectivity index (χ2v) is 11.4. The molecule has 2 aliphatic carbocycles. The molecule has 0 radical (unpaired) electrons. The number of fused-ring (bicyclic) bond motifs is 1. The number of thiazole rings is 1. The van der Waals surface area contributed by atoms with Crippen molar-refractivity contribution in [3.8, 4) is 10.6 Å². The number of hydrogen-bond donors (Lipinski definition) is 2. The minimum absolute atomic E-state index is 0.110. The van der Waals surface area contributed by atoms with E-state index in [1.165, 1.54) is 12.8 Å². The fraction of sp³-hybridized carbons (Fsp3) is 0.577. The summed E-state index contributed by atoms with van der Waals surface area (Å²) in [4.78, 5) is 33.3. The Morgan fingerprint density at radius 2 is 1.97 bits per heavy atom. The average Bonchev–Trinajstić information content (AvgIpc) is 3.42. The summed E-state index contributed by atoms with van der Waals surface area (Å²) in [6.07, 6.45) is 7.57. The molecule has 1 saturated heterocycles. The van der Waals surface area contributed by atoms with Crippen molar-refractivity contribution in [3.05, 3.63) is 23.7 Å². The number of carbonyl (C=O) groups is 1. The standard InChI is InChI=1S/C26H33N7O2S/c1-15-22(25-31-23-16(2)27-8-7-20(23)36-25)24(32-26(29-15)28-12-17-3-4-17)30-19-6-5-18(11-19)13-33-9-10-35-14-21(33)34/h7-8,17-19H,3-6,9-14H2,1-2H3,(H2,28,29,30,32). The van der Waals surface area contributed by atoms with E-state index in [-0.39, 0.29) is 12.5 Å². The van der Waals surface area contributed by atoms with E-state index in [0.717, 1.165) is 76.3 Å². The summed E-state index contributed by atoms with van der Waals surface area (Å²) in [7, 11) is 0. The second kappa shape index (κ2) is 9.89. The van der Waals surface area contributed by atoms with Crippen molar-refractivity contribution in [3.63, 3.8) is 0 Å². The van der Waals surface area contributed by atoms with Crippen molar-refractivity contribution in [2.45, 2.75) is 52.0 Å². The van der Waals surface area contributed by atoms with Crippen molar-refractivity contribution in [1.29, 1.82) is 0 Å². The predicted octanol–water partition coefficient (Wildman–Crippen LogP) is 4.03. The van der Waals surface area contributed by atoms with Crippen LogP contribution in [0, 0.1) is 25.7 Å². The molecule has 0 spiro atoms. The molecule has 0 aromatic carbocycles. The topological polar surface area (TPSA) is 105 Å². The molecular weight excluding hydrogens is 474 g/mol. The van der Waals surface area contributed by atoms with Gasteiger partial charge < -0.3 is 20.3 Å². The highest BCUT2D eigenvalue weighted by Gasteiger charge is 2.30. The Bertz CT molecular complexity index is 1270. The first-order valence-corrected chi connectivity index (χ1v) is 13.8. The summed E-state index contributed by atoms with van der Waals surface area (Å²) in [5.74, 6) is 2.86. The smallest absolute Gasteiger partial charge is 0.248 e. The highest BCUT2D eigenvalue weighted by atomic mass is 32.1. The van der Waals surface area contributed by atoms with Crippen molar-refractivity contribution >= 4 is 39.2 Å². The van der Waals surface area contributed by atoms with Gasteiger partial charge in [0.05, 0.1) is 28.3 Å². The second-order valence-electron chi connectivity index (χ2n) is 10.4. The van der Waals surface area contributed by atoms with Crippen LogP contribution in [-0.2, 0) is 9.53 Å². The van der Waals surface area contributed by atoms with Crippen LogP contribution in [-0.4, -0.2) is 69.6 Å². The maximum absolute atomic E-state index is 12.2. The van der Waals surface area contributed by atoms with E-state index < -0.39 is 0 Å². The Balaban J connectivity index is 1.25. The molecule has 3 fully saturated rings. The lowest BCUT2D eigenvalue weighted by atomic mass is 10.1. The van der Waals surface area contributed by atoms with Crippen LogP contribution in [0.3, 0.4) is 0 Å². The van der Waals surface area contributed by atoms with Crippen LogP contribution in [0.15, 0.2) is 12.3 Å². The predicted molar refractivity (Wildman–Crippen MR) is 141 cm³/mol. The van der Waals surface area contributed by atoms with E-state index in [4.69, 9.17) is 19.7 Å². The first kappa shape index (κ1) is 23.5. The number of nitrogens with one attached hydrogen (secondary N) is 2. The number of nitrogens with zero attached hydrogens (tertiary/aromatic N) is 5. The summed E-state index contributed by atoms with van der Waals surface area (Å²) in [6.45, 7) is 7.33. The van der Waals surface area contributed by atoms with Gasteiger partial charge in [-0.05, 0) is 63.9 Å². The summed E-state index contributed by atoms with van der Waals surface area (Å²) in [6, 6.07) is 2.32. The summed E-state index contributed by atoms with van der Waals surface area (Å²) < 4.78 is 6.41.